The average Bonchev–Trinajstić information content (AvgIpc) is 2.09. The lowest BCUT2D eigenvalue weighted by Crippen LogP contribution is -2.01. The van der Waals surface area contributed by atoms with Crippen molar-refractivity contribution in [2.75, 3.05) is 0 Å². The Morgan fingerprint density at radius 1 is 1.38 bits per heavy atom. The van der Waals surface area contributed by atoms with Gasteiger partial charge < -0.3 is 9.63 Å². The summed E-state index contributed by atoms with van der Waals surface area (Å²) >= 11 is 0. The maximum absolute atomic E-state index is 10.8. The number of carbonyl (C=O) groups excluding carboxylic acids is 1. The van der Waals surface area contributed by atoms with Gasteiger partial charge in [0.25, 0.3) is 0 Å². The number of benzene rings is 1. The molecular weight excluding hydrogens is 191 g/mol. The molecule has 0 heterocycles. The van der Waals surface area contributed by atoms with E-state index in [1.54, 1.807) is 12.1 Å². The van der Waals surface area contributed by atoms with Crippen molar-refractivity contribution in [3.05, 3.63) is 29.8 Å². The minimum absolute atomic E-state index is 0.0511. The van der Waals surface area contributed by atoms with Crippen molar-refractivity contribution in [1.29, 1.82) is 0 Å². The number of rotatable bonds is 3. The first-order valence-corrected chi connectivity index (χ1v) is 4.26. The van der Waals surface area contributed by atoms with Gasteiger partial charge in [-0.15, -0.1) is 0 Å². The zero-order valence-corrected chi connectivity index (χ0v) is 7.53. The molecule has 68 valence electrons. The molecule has 13 heavy (non-hydrogen) atoms. The Balaban J connectivity index is 2.59. The van der Waals surface area contributed by atoms with Gasteiger partial charge >= 0.3 is 14.7 Å². The summed E-state index contributed by atoms with van der Waals surface area (Å²) in [5, 5.41) is 8.93. The Kier molecular flexibility index (Phi) is 3.41. The van der Waals surface area contributed by atoms with Crippen molar-refractivity contribution in [3.63, 3.8) is 0 Å². The first kappa shape index (κ1) is 9.68. The van der Waals surface area contributed by atoms with Crippen LogP contribution in [-0.2, 0) is 20.3 Å². The molecule has 1 rings (SSSR count). The van der Waals surface area contributed by atoms with E-state index in [9.17, 15) is 9.36 Å². The first-order valence-electron chi connectivity index (χ1n) is 3.53. The van der Waals surface area contributed by atoms with Crippen LogP contribution in [0.2, 0.25) is 0 Å². The normalized spacial score (nSPS) is 9.85. The zero-order valence-electron chi connectivity index (χ0n) is 6.64. The third kappa shape index (κ3) is 3.22. The maximum Gasteiger partial charge on any atom is 0.398 e. The van der Waals surface area contributed by atoms with Crippen molar-refractivity contribution in [3.8, 4) is 5.75 Å². The molecule has 0 bridgehead atoms. The molecule has 0 saturated carbocycles. The Labute approximate surface area is 76.4 Å². The summed E-state index contributed by atoms with van der Waals surface area (Å²) in [4.78, 5) is 10.8. The molecule has 5 heteroatoms. The Hall–Kier alpha value is -1.41. The molecule has 0 unspecified atom stereocenters. The van der Waals surface area contributed by atoms with E-state index in [2.05, 4.69) is 4.52 Å². The summed E-state index contributed by atoms with van der Waals surface area (Å²) in [6.07, 6.45) is 0.0511. The topological polar surface area (TPSA) is 63.6 Å². The predicted octanol–water partition coefficient (Wildman–Crippen LogP) is 1.68. The van der Waals surface area contributed by atoms with Crippen LogP contribution in [0.5, 0.6) is 5.75 Å². The second kappa shape index (κ2) is 4.58. The molecule has 0 amide bonds. The summed E-state index contributed by atoms with van der Waals surface area (Å²) in [6.45, 7) is 0. The van der Waals surface area contributed by atoms with Crippen LogP contribution < -0.4 is 0 Å². The van der Waals surface area contributed by atoms with Gasteiger partial charge in [-0.1, -0.05) is 12.1 Å². The van der Waals surface area contributed by atoms with Gasteiger partial charge in [-0.3, -0.25) is 4.79 Å². The highest BCUT2D eigenvalue weighted by molar-refractivity contribution is 7.18. The molecule has 0 aliphatic heterocycles. The highest BCUT2D eigenvalue weighted by Gasteiger charge is 2.04. The fraction of sp³-hybridized carbons (Fsp3) is 0.125. The van der Waals surface area contributed by atoms with Gasteiger partial charge in [0.15, 0.2) is 0 Å². The molecule has 0 radical (unpaired) electrons. The Morgan fingerprint density at radius 2 is 2.00 bits per heavy atom. The van der Waals surface area contributed by atoms with Crippen LogP contribution in [0.4, 0.5) is 0 Å². The molecule has 0 fully saturated rings. The number of phenols is 1. The zero-order chi connectivity index (χ0) is 9.68. The SMILES string of the molecule is O=POC(=O)Cc1ccc(O)cc1. The summed E-state index contributed by atoms with van der Waals surface area (Å²) in [5.74, 6) is -0.429. The largest absolute Gasteiger partial charge is 0.508 e. The van der Waals surface area contributed by atoms with Crippen LogP contribution in [0.1, 0.15) is 5.56 Å². The van der Waals surface area contributed by atoms with Gasteiger partial charge in [0, 0.05) is 0 Å². The van der Waals surface area contributed by atoms with Gasteiger partial charge in [-0.2, -0.15) is 0 Å². The molecule has 1 aromatic rings. The third-order valence-electron chi connectivity index (χ3n) is 1.42. The van der Waals surface area contributed by atoms with E-state index in [1.807, 2.05) is 0 Å². The van der Waals surface area contributed by atoms with Crippen molar-refractivity contribution >= 4 is 14.7 Å². The van der Waals surface area contributed by atoms with Crippen LogP contribution in [0.3, 0.4) is 0 Å². The fourth-order valence-electron chi connectivity index (χ4n) is 0.854. The van der Waals surface area contributed by atoms with Crippen molar-refractivity contribution in [1.82, 2.24) is 0 Å². The third-order valence-corrected chi connectivity index (χ3v) is 1.70. The van der Waals surface area contributed by atoms with E-state index in [4.69, 9.17) is 5.11 Å². The van der Waals surface area contributed by atoms with E-state index in [0.29, 0.717) is 5.56 Å². The molecule has 0 aliphatic carbocycles. The molecule has 0 atom stereocenters. The van der Waals surface area contributed by atoms with Gasteiger partial charge in [0.05, 0.1) is 6.42 Å². The predicted molar refractivity (Wildman–Crippen MR) is 45.5 cm³/mol. The van der Waals surface area contributed by atoms with E-state index < -0.39 is 14.7 Å². The standard InChI is InChI=1S/C8H7O4P/c9-7-3-1-6(2-4-7)5-8(10)12-13-11/h1-4,9H,5H2. The van der Waals surface area contributed by atoms with Crippen molar-refractivity contribution in [2.45, 2.75) is 6.42 Å². The maximum atomic E-state index is 10.8. The minimum atomic E-state index is -0.639. The van der Waals surface area contributed by atoms with Gasteiger partial charge in [0.2, 0.25) is 0 Å². The lowest BCUT2D eigenvalue weighted by molar-refractivity contribution is -0.132. The Bertz CT molecular complexity index is 306. The minimum Gasteiger partial charge on any atom is -0.508 e. The molecule has 0 saturated heterocycles. The number of phenolic OH excluding ortho intramolecular Hbond substituents is 1. The van der Waals surface area contributed by atoms with Crippen LogP contribution in [-0.4, -0.2) is 11.1 Å². The monoisotopic (exact) mass is 198 g/mol. The molecule has 0 aliphatic rings. The van der Waals surface area contributed by atoms with E-state index in [-0.39, 0.29) is 12.2 Å². The molecule has 4 nitrogen and oxygen atoms in total. The summed E-state index contributed by atoms with van der Waals surface area (Å²) in [6, 6.07) is 6.13. The second-order valence-corrected chi connectivity index (χ2v) is 2.71. The summed E-state index contributed by atoms with van der Waals surface area (Å²) < 4.78 is 14.1. The first-order chi connectivity index (χ1) is 6.22. The Morgan fingerprint density at radius 3 is 2.54 bits per heavy atom. The number of carbonyl (C=O) groups is 1. The highest BCUT2D eigenvalue weighted by atomic mass is 31.1. The lowest BCUT2D eigenvalue weighted by Gasteiger charge is -1.97. The quantitative estimate of drug-likeness (QED) is 0.750. The summed E-state index contributed by atoms with van der Waals surface area (Å²) in [7, 11) is -0.639. The van der Waals surface area contributed by atoms with Crippen LogP contribution in [0.15, 0.2) is 24.3 Å². The molecule has 0 aromatic heterocycles. The van der Waals surface area contributed by atoms with Crippen molar-refractivity contribution < 1.29 is 19.0 Å². The lowest BCUT2D eigenvalue weighted by atomic mass is 10.1. The van der Waals surface area contributed by atoms with Crippen LogP contribution in [0, 0.1) is 0 Å². The molecular formula is C8H7O4P. The molecule has 0 spiro atoms. The van der Waals surface area contributed by atoms with Gasteiger partial charge in [-0.05, 0) is 17.7 Å². The van der Waals surface area contributed by atoms with E-state index >= 15 is 0 Å². The van der Waals surface area contributed by atoms with Gasteiger partial charge in [-0.25, -0.2) is 4.57 Å². The van der Waals surface area contributed by atoms with Crippen LogP contribution in [0.25, 0.3) is 0 Å². The highest BCUT2D eigenvalue weighted by Crippen LogP contribution is 2.11. The van der Waals surface area contributed by atoms with E-state index in [0.717, 1.165) is 0 Å². The van der Waals surface area contributed by atoms with E-state index in [1.165, 1.54) is 12.1 Å². The number of hydrogen-bond donors (Lipinski definition) is 1. The second-order valence-electron chi connectivity index (χ2n) is 2.38. The smallest absolute Gasteiger partial charge is 0.398 e. The van der Waals surface area contributed by atoms with Crippen molar-refractivity contribution in [2.24, 2.45) is 0 Å². The fourth-order valence-corrected chi connectivity index (χ4v) is 1.00. The number of aromatic hydroxyl groups is 1. The molecule has 1 aromatic carbocycles. The average molecular weight is 198 g/mol. The molecule has 1 N–H and O–H groups in total. The van der Waals surface area contributed by atoms with Gasteiger partial charge in [0.1, 0.15) is 5.75 Å². The number of hydrogen-bond acceptors (Lipinski definition) is 4. The summed E-state index contributed by atoms with van der Waals surface area (Å²) in [5.41, 5.74) is 0.700. The van der Waals surface area contributed by atoms with Crippen LogP contribution >= 0.6 is 8.69 Å².